The lowest BCUT2D eigenvalue weighted by Gasteiger charge is -2.10. The number of rotatable bonds is 2. The Bertz CT molecular complexity index is 711. The van der Waals surface area contributed by atoms with E-state index in [9.17, 15) is 8.42 Å². The topological polar surface area (TPSA) is 34.1 Å². The summed E-state index contributed by atoms with van der Waals surface area (Å²) in [6.45, 7) is 6.26. The second-order valence-corrected chi connectivity index (χ2v) is 7.06. The molecular weight excluding hydrogens is 256 g/mol. The van der Waals surface area contributed by atoms with Crippen molar-refractivity contribution in [1.82, 2.24) is 0 Å². The van der Waals surface area contributed by atoms with E-state index < -0.39 is 9.84 Å². The van der Waals surface area contributed by atoms with Gasteiger partial charge < -0.3 is 0 Å². The fraction of sp³-hybridized carbons (Fsp3) is 0.250. The zero-order valence-corrected chi connectivity index (χ0v) is 12.5. The lowest BCUT2D eigenvalue weighted by atomic mass is 9.96. The molecule has 2 rings (SSSR count). The fourth-order valence-corrected chi connectivity index (χ4v) is 2.78. The predicted molar refractivity (Wildman–Crippen MR) is 79.2 cm³/mol. The first-order valence-corrected chi connectivity index (χ1v) is 8.06. The van der Waals surface area contributed by atoms with Crippen LogP contribution in [-0.2, 0) is 9.84 Å². The third-order valence-electron chi connectivity index (χ3n) is 3.43. The van der Waals surface area contributed by atoms with E-state index in [0.717, 1.165) is 11.1 Å². The molecule has 0 heterocycles. The fourth-order valence-electron chi connectivity index (χ4n) is 2.15. The zero-order valence-electron chi connectivity index (χ0n) is 11.7. The molecule has 3 heteroatoms. The van der Waals surface area contributed by atoms with Gasteiger partial charge in [-0.25, -0.2) is 8.42 Å². The van der Waals surface area contributed by atoms with Crippen molar-refractivity contribution >= 4 is 9.84 Å². The Balaban J connectivity index is 2.52. The van der Waals surface area contributed by atoms with Gasteiger partial charge in [-0.3, -0.25) is 0 Å². The van der Waals surface area contributed by atoms with Crippen LogP contribution in [0, 0.1) is 20.8 Å². The summed E-state index contributed by atoms with van der Waals surface area (Å²) < 4.78 is 22.9. The van der Waals surface area contributed by atoms with Crippen LogP contribution in [0.25, 0.3) is 11.1 Å². The largest absolute Gasteiger partial charge is 0.224 e. The molecule has 0 N–H and O–H groups in total. The Morgan fingerprint density at radius 1 is 0.789 bits per heavy atom. The van der Waals surface area contributed by atoms with Crippen molar-refractivity contribution < 1.29 is 8.42 Å². The van der Waals surface area contributed by atoms with Crippen molar-refractivity contribution in [3.05, 3.63) is 53.1 Å². The molecule has 0 amide bonds. The lowest BCUT2D eigenvalue weighted by Crippen LogP contribution is -1.96. The minimum Gasteiger partial charge on any atom is -0.224 e. The molecule has 0 fully saturated rings. The number of hydrogen-bond donors (Lipinski definition) is 0. The van der Waals surface area contributed by atoms with Crippen LogP contribution >= 0.6 is 0 Å². The quantitative estimate of drug-likeness (QED) is 0.837. The SMILES string of the molecule is Cc1cc(C)c(-c2ccc(S(C)(=O)=O)cc2)cc1C. The number of sulfone groups is 1. The van der Waals surface area contributed by atoms with E-state index in [1.165, 1.54) is 22.9 Å². The highest BCUT2D eigenvalue weighted by atomic mass is 32.2. The third kappa shape index (κ3) is 2.87. The summed E-state index contributed by atoms with van der Waals surface area (Å²) in [5.41, 5.74) is 5.92. The lowest BCUT2D eigenvalue weighted by molar-refractivity contribution is 0.602. The van der Waals surface area contributed by atoms with Crippen molar-refractivity contribution in [2.45, 2.75) is 25.7 Å². The normalized spacial score (nSPS) is 11.6. The van der Waals surface area contributed by atoms with Crippen molar-refractivity contribution in [3.63, 3.8) is 0 Å². The molecule has 0 unspecified atom stereocenters. The average Bonchev–Trinajstić information content (AvgIpc) is 2.33. The van der Waals surface area contributed by atoms with E-state index in [2.05, 4.69) is 32.9 Å². The predicted octanol–water partition coefficient (Wildman–Crippen LogP) is 3.68. The van der Waals surface area contributed by atoms with Gasteiger partial charge >= 0.3 is 0 Å². The van der Waals surface area contributed by atoms with Gasteiger partial charge in [-0.1, -0.05) is 24.3 Å². The average molecular weight is 274 g/mol. The molecule has 19 heavy (non-hydrogen) atoms. The smallest absolute Gasteiger partial charge is 0.175 e. The Kier molecular flexibility index (Phi) is 3.50. The van der Waals surface area contributed by atoms with E-state index >= 15 is 0 Å². The maximum atomic E-state index is 11.4. The van der Waals surface area contributed by atoms with Gasteiger partial charge in [-0.05, 0) is 60.7 Å². The van der Waals surface area contributed by atoms with Crippen LogP contribution < -0.4 is 0 Å². The molecule has 0 bridgehead atoms. The van der Waals surface area contributed by atoms with Crippen LogP contribution in [0.4, 0.5) is 0 Å². The molecule has 0 atom stereocenters. The van der Waals surface area contributed by atoms with Gasteiger partial charge in [0.25, 0.3) is 0 Å². The first-order chi connectivity index (χ1) is 8.79. The van der Waals surface area contributed by atoms with Crippen LogP contribution in [0.1, 0.15) is 16.7 Å². The van der Waals surface area contributed by atoms with Gasteiger partial charge in [0.05, 0.1) is 4.90 Å². The van der Waals surface area contributed by atoms with Gasteiger partial charge in [0, 0.05) is 6.26 Å². The van der Waals surface area contributed by atoms with Gasteiger partial charge in [0.15, 0.2) is 9.84 Å². The Morgan fingerprint density at radius 3 is 1.84 bits per heavy atom. The van der Waals surface area contributed by atoms with Crippen LogP contribution in [0.5, 0.6) is 0 Å². The van der Waals surface area contributed by atoms with Crippen LogP contribution in [-0.4, -0.2) is 14.7 Å². The summed E-state index contributed by atoms with van der Waals surface area (Å²) in [5.74, 6) is 0. The van der Waals surface area contributed by atoms with Gasteiger partial charge in [-0.2, -0.15) is 0 Å². The molecule has 0 aromatic heterocycles. The summed E-state index contributed by atoms with van der Waals surface area (Å²) in [5, 5.41) is 0. The first-order valence-electron chi connectivity index (χ1n) is 6.17. The van der Waals surface area contributed by atoms with Gasteiger partial charge in [0.1, 0.15) is 0 Å². The van der Waals surface area contributed by atoms with Crippen molar-refractivity contribution in [2.24, 2.45) is 0 Å². The highest BCUT2D eigenvalue weighted by Crippen LogP contribution is 2.27. The van der Waals surface area contributed by atoms with Crippen molar-refractivity contribution in [2.75, 3.05) is 6.26 Å². The minimum absolute atomic E-state index is 0.359. The number of aryl methyl sites for hydroxylation is 3. The molecule has 100 valence electrons. The maximum Gasteiger partial charge on any atom is 0.175 e. The molecule has 0 radical (unpaired) electrons. The highest BCUT2D eigenvalue weighted by Gasteiger charge is 2.08. The van der Waals surface area contributed by atoms with Gasteiger partial charge in [0.2, 0.25) is 0 Å². The maximum absolute atomic E-state index is 11.4. The standard InChI is InChI=1S/C16H18O2S/c1-11-9-13(3)16(10-12(11)2)14-5-7-15(8-6-14)19(4,17)18/h5-10H,1-4H3. The van der Waals surface area contributed by atoms with Crippen LogP contribution in [0.3, 0.4) is 0 Å². The van der Waals surface area contributed by atoms with E-state index in [1.54, 1.807) is 12.1 Å². The summed E-state index contributed by atoms with van der Waals surface area (Å²) in [6.07, 6.45) is 1.23. The second kappa shape index (κ2) is 4.82. The zero-order chi connectivity index (χ0) is 14.2. The number of hydrogen-bond acceptors (Lipinski definition) is 2. The van der Waals surface area contributed by atoms with Crippen molar-refractivity contribution in [3.8, 4) is 11.1 Å². The summed E-state index contributed by atoms with van der Waals surface area (Å²) in [6, 6.07) is 11.4. The molecule has 0 aliphatic carbocycles. The Labute approximate surface area is 115 Å². The summed E-state index contributed by atoms with van der Waals surface area (Å²) in [4.78, 5) is 0.359. The van der Waals surface area contributed by atoms with Crippen LogP contribution in [0.2, 0.25) is 0 Å². The molecule has 0 spiro atoms. The second-order valence-electron chi connectivity index (χ2n) is 5.05. The molecule has 2 aromatic carbocycles. The molecule has 0 aliphatic rings. The van der Waals surface area contributed by atoms with Gasteiger partial charge in [-0.15, -0.1) is 0 Å². The number of benzene rings is 2. The monoisotopic (exact) mass is 274 g/mol. The van der Waals surface area contributed by atoms with E-state index in [1.807, 2.05) is 12.1 Å². The Hall–Kier alpha value is -1.61. The van der Waals surface area contributed by atoms with Crippen LogP contribution in [0.15, 0.2) is 41.3 Å². The Morgan fingerprint density at radius 2 is 1.32 bits per heavy atom. The van der Waals surface area contributed by atoms with E-state index in [0.29, 0.717) is 4.90 Å². The first kappa shape index (κ1) is 13.8. The molecule has 0 saturated heterocycles. The summed E-state index contributed by atoms with van der Waals surface area (Å²) in [7, 11) is -3.13. The summed E-state index contributed by atoms with van der Waals surface area (Å²) >= 11 is 0. The van der Waals surface area contributed by atoms with Crippen molar-refractivity contribution in [1.29, 1.82) is 0 Å². The van der Waals surface area contributed by atoms with E-state index in [4.69, 9.17) is 0 Å². The van der Waals surface area contributed by atoms with E-state index in [-0.39, 0.29) is 0 Å². The molecule has 0 aliphatic heterocycles. The molecule has 2 aromatic rings. The molecule has 2 nitrogen and oxygen atoms in total. The molecular formula is C16H18O2S. The molecule has 0 saturated carbocycles. The third-order valence-corrected chi connectivity index (χ3v) is 4.56. The highest BCUT2D eigenvalue weighted by molar-refractivity contribution is 7.90. The minimum atomic E-state index is -3.13.